The van der Waals surface area contributed by atoms with Crippen LogP contribution in [0.4, 0.5) is 27.6 Å². The first-order chi connectivity index (χ1) is 9.86. The largest absolute Gasteiger partial charge is 0.433 e. The molecule has 1 aliphatic rings. The quantitative estimate of drug-likeness (QED) is 0.805. The molecule has 21 heavy (non-hydrogen) atoms. The Morgan fingerprint density at radius 1 is 1.14 bits per heavy atom. The van der Waals surface area contributed by atoms with Crippen LogP contribution >= 0.6 is 0 Å². The zero-order chi connectivity index (χ0) is 15.5. The van der Waals surface area contributed by atoms with Crippen LogP contribution in [0.3, 0.4) is 0 Å². The summed E-state index contributed by atoms with van der Waals surface area (Å²) in [5.74, 6) is -1.39. The monoisotopic (exact) mass is 309 g/mol. The van der Waals surface area contributed by atoms with Crippen molar-refractivity contribution in [3.63, 3.8) is 0 Å². The molecule has 1 aromatic rings. The number of nitrogens with one attached hydrogen (secondary N) is 1. The molecule has 1 aliphatic carbocycles. The molecule has 0 radical (unpaired) electrons. The van der Waals surface area contributed by atoms with Gasteiger partial charge in [0.2, 0.25) is 0 Å². The van der Waals surface area contributed by atoms with Crippen LogP contribution in [-0.2, 0) is 0 Å². The molecule has 1 fully saturated rings. The summed E-state index contributed by atoms with van der Waals surface area (Å²) >= 11 is 0. The lowest BCUT2D eigenvalue weighted by atomic mass is 9.85. The molecule has 2 rings (SSSR count). The third-order valence-electron chi connectivity index (χ3n) is 3.60. The van der Waals surface area contributed by atoms with Crippen LogP contribution in [0.1, 0.15) is 25.7 Å². The highest BCUT2D eigenvalue weighted by Gasteiger charge is 2.42. The first-order valence-corrected chi connectivity index (χ1v) is 6.73. The van der Waals surface area contributed by atoms with Gasteiger partial charge in [0.05, 0.1) is 11.6 Å². The smallest absolute Gasteiger partial charge is 0.391 e. The number of alkyl halides is 5. The van der Waals surface area contributed by atoms with Crippen molar-refractivity contribution in [3.05, 3.63) is 24.3 Å². The second-order valence-corrected chi connectivity index (χ2v) is 5.12. The van der Waals surface area contributed by atoms with Crippen LogP contribution in [0.15, 0.2) is 24.3 Å². The number of ether oxygens (including phenoxy) is 1. The lowest BCUT2D eigenvalue weighted by molar-refractivity contribution is -0.182. The first kappa shape index (κ1) is 15.9. The molecule has 2 atom stereocenters. The molecule has 0 spiro atoms. The Morgan fingerprint density at radius 2 is 1.86 bits per heavy atom. The Labute approximate surface area is 119 Å². The number of rotatable bonds is 4. The van der Waals surface area contributed by atoms with Gasteiger partial charge < -0.3 is 10.1 Å². The molecule has 1 N–H and O–H groups in total. The summed E-state index contributed by atoms with van der Waals surface area (Å²) in [4.78, 5) is 0. The molecule has 0 aliphatic heterocycles. The summed E-state index contributed by atoms with van der Waals surface area (Å²) in [6.45, 7) is -2.97. The Morgan fingerprint density at radius 3 is 2.52 bits per heavy atom. The molecule has 0 bridgehead atoms. The van der Waals surface area contributed by atoms with E-state index in [0.29, 0.717) is 18.5 Å². The normalized spacial score (nSPS) is 23.1. The van der Waals surface area contributed by atoms with Gasteiger partial charge in [-0.1, -0.05) is 18.6 Å². The van der Waals surface area contributed by atoms with Crippen molar-refractivity contribution in [1.29, 1.82) is 0 Å². The second-order valence-electron chi connectivity index (χ2n) is 5.12. The Kier molecular flexibility index (Phi) is 4.90. The van der Waals surface area contributed by atoms with Gasteiger partial charge in [0.1, 0.15) is 5.75 Å². The van der Waals surface area contributed by atoms with Crippen LogP contribution in [0.2, 0.25) is 0 Å². The highest BCUT2D eigenvalue weighted by atomic mass is 19.4. The van der Waals surface area contributed by atoms with Crippen LogP contribution in [0.25, 0.3) is 0 Å². The second kappa shape index (κ2) is 6.49. The summed E-state index contributed by atoms with van der Waals surface area (Å²) in [6, 6.07) is 5.63. The van der Waals surface area contributed by atoms with Crippen molar-refractivity contribution in [2.45, 2.75) is 44.5 Å². The van der Waals surface area contributed by atoms with E-state index in [-0.39, 0.29) is 18.6 Å². The lowest BCUT2D eigenvalue weighted by Gasteiger charge is -2.32. The third kappa shape index (κ3) is 4.47. The van der Waals surface area contributed by atoms with Crippen molar-refractivity contribution in [2.75, 3.05) is 5.32 Å². The number of anilines is 1. The van der Waals surface area contributed by atoms with Gasteiger partial charge in [-0.3, -0.25) is 0 Å². The maximum absolute atomic E-state index is 12.8. The van der Waals surface area contributed by atoms with Crippen molar-refractivity contribution in [3.8, 4) is 5.75 Å². The number of halogens is 5. The Hall–Kier alpha value is -1.53. The van der Waals surface area contributed by atoms with E-state index < -0.39 is 24.7 Å². The fourth-order valence-corrected chi connectivity index (χ4v) is 2.62. The van der Waals surface area contributed by atoms with Gasteiger partial charge in [0, 0.05) is 6.04 Å². The molecule has 2 unspecified atom stereocenters. The standard InChI is InChI=1S/C14H16F5NO/c15-13(16)21-12-7-2-1-6-11(12)20-10-5-3-4-9(8-10)14(17,18)19/h1-2,6-7,9-10,13,20H,3-5,8H2. The van der Waals surface area contributed by atoms with Gasteiger partial charge >= 0.3 is 12.8 Å². The van der Waals surface area contributed by atoms with Gasteiger partial charge in [0.25, 0.3) is 0 Å². The van der Waals surface area contributed by atoms with Crippen molar-refractivity contribution in [2.24, 2.45) is 5.92 Å². The van der Waals surface area contributed by atoms with Crippen molar-refractivity contribution >= 4 is 5.69 Å². The minimum atomic E-state index is -4.21. The molecule has 2 nitrogen and oxygen atoms in total. The summed E-state index contributed by atoms with van der Waals surface area (Å²) in [5.41, 5.74) is 0.297. The van der Waals surface area contributed by atoms with Crippen LogP contribution in [0, 0.1) is 5.92 Å². The summed E-state index contributed by atoms with van der Waals surface area (Å²) in [7, 11) is 0. The number of hydrogen-bond acceptors (Lipinski definition) is 2. The molecule has 0 heterocycles. The van der Waals surface area contributed by atoms with Gasteiger partial charge in [-0.2, -0.15) is 22.0 Å². The predicted molar refractivity (Wildman–Crippen MR) is 68.5 cm³/mol. The highest BCUT2D eigenvalue weighted by molar-refractivity contribution is 5.56. The predicted octanol–water partition coefficient (Wildman–Crippen LogP) is 4.82. The molecule has 1 saturated carbocycles. The molecular formula is C14H16F5NO. The number of hydrogen-bond donors (Lipinski definition) is 1. The zero-order valence-corrected chi connectivity index (χ0v) is 11.2. The van der Waals surface area contributed by atoms with E-state index in [9.17, 15) is 22.0 Å². The molecule has 1 aromatic carbocycles. The summed E-state index contributed by atoms with van der Waals surface area (Å²) in [5, 5.41) is 2.90. The fraction of sp³-hybridized carbons (Fsp3) is 0.571. The van der Waals surface area contributed by atoms with Crippen LogP contribution < -0.4 is 10.1 Å². The van der Waals surface area contributed by atoms with Gasteiger partial charge in [-0.05, 0) is 31.4 Å². The van der Waals surface area contributed by atoms with E-state index in [2.05, 4.69) is 10.1 Å². The Balaban J connectivity index is 2.04. The van der Waals surface area contributed by atoms with Crippen molar-refractivity contribution < 1.29 is 26.7 Å². The SMILES string of the molecule is FC(F)Oc1ccccc1NC1CCCC(C(F)(F)F)C1. The van der Waals surface area contributed by atoms with E-state index in [4.69, 9.17) is 0 Å². The number of para-hydroxylation sites is 2. The van der Waals surface area contributed by atoms with E-state index in [1.165, 1.54) is 18.2 Å². The average molecular weight is 309 g/mol. The van der Waals surface area contributed by atoms with E-state index in [0.717, 1.165) is 0 Å². The molecular weight excluding hydrogens is 293 g/mol. The molecule has 0 amide bonds. The minimum absolute atomic E-state index is 0.0491. The highest BCUT2D eigenvalue weighted by Crippen LogP contribution is 2.39. The van der Waals surface area contributed by atoms with E-state index >= 15 is 0 Å². The Bertz CT molecular complexity index is 463. The van der Waals surface area contributed by atoms with Crippen LogP contribution in [0.5, 0.6) is 5.75 Å². The van der Waals surface area contributed by atoms with Gasteiger partial charge in [-0.25, -0.2) is 0 Å². The van der Waals surface area contributed by atoms with Crippen LogP contribution in [-0.4, -0.2) is 18.8 Å². The fourth-order valence-electron chi connectivity index (χ4n) is 2.62. The zero-order valence-electron chi connectivity index (χ0n) is 11.2. The summed E-state index contributed by atoms with van der Waals surface area (Å²) in [6.07, 6.45) is -3.10. The average Bonchev–Trinajstić information content (AvgIpc) is 2.40. The summed E-state index contributed by atoms with van der Waals surface area (Å²) < 4.78 is 67.2. The lowest BCUT2D eigenvalue weighted by Crippen LogP contribution is -2.34. The van der Waals surface area contributed by atoms with Gasteiger partial charge in [0.15, 0.2) is 0 Å². The maximum atomic E-state index is 12.8. The molecule has 0 aromatic heterocycles. The third-order valence-corrected chi connectivity index (χ3v) is 3.60. The topological polar surface area (TPSA) is 21.3 Å². The molecule has 0 saturated heterocycles. The van der Waals surface area contributed by atoms with E-state index in [1.54, 1.807) is 6.07 Å². The minimum Gasteiger partial charge on any atom is -0.433 e. The van der Waals surface area contributed by atoms with Gasteiger partial charge in [-0.15, -0.1) is 0 Å². The van der Waals surface area contributed by atoms with Crippen molar-refractivity contribution in [1.82, 2.24) is 0 Å². The number of benzene rings is 1. The first-order valence-electron chi connectivity index (χ1n) is 6.73. The maximum Gasteiger partial charge on any atom is 0.391 e. The van der Waals surface area contributed by atoms with E-state index in [1.807, 2.05) is 0 Å². The molecule has 7 heteroatoms. The molecule has 118 valence electrons.